The zero-order valence-corrected chi connectivity index (χ0v) is 15.8. The average molecular weight is 355 g/mol. The van der Waals surface area contributed by atoms with Gasteiger partial charge in [-0.3, -0.25) is 4.79 Å². The van der Waals surface area contributed by atoms with Gasteiger partial charge in [-0.15, -0.1) is 0 Å². The monoisotopic (exact) mass is 355 g/mol. The Kier molecular flexibility index (Phi) is 5.35. The van der Waals surface area contributed by atoms with Crippen molar-refractivity contribution in [2.75, 3.05) is 13.6 Å². The number of rotatable bonds is 7. The van der Waals surface area contributed by atoms with Crippen LogP contribution in [-0.2, 0) is 17.6 Å². The number of likely N-dealkylation sites (N-methyl/N-ethyl adjacent to an activating group) is 1. The minimum absolute atomic E-state index is 0.0746. The number of para-hydroxylation sites is 2. The zero-order chi connectivity index (χ0) is 18.7. The second-order valence-electron chi connectivity index (χ2n) is 6.40. The molecule has 0 aliphatic heterocycles. The fourth-order valence-corrected chi connectivity index (χ4v) is 3.23. The summed E-state index contributed by atoms with van der Waals surface area (Å²) in [4.78, 5) is 23.8. The number of hydrogen-bond acceptors (Lipinski definition) is 5. The van der Waals surface area contributed by atoms with Crippen LogP contribution in [0, 0.1) is 6.92 Å². The Morgan fingerprint density at radius 2 is 2.04 bits per heavy atom. The van der Waals surface area contributed by atoms with E-state index in [-0.39, 0.29) is 11.9 Å². The molecule has 1 amide bonds. The van der Waals surface area contributed by atoms with Crippen LogP contribution in [0.2, 0.25) is 0 Å². The summed E-state index contributed by atoms with van der Waals surface area (Å²) in [6.07, 6.45) is 2.06. The highest BCUT2D eigenvalue weighted by Crippen LogP contribution is 2.25. The van der Waals surface area contributed by atoms with Crippen molar-refractivity contribution in [1.29, 1.82) is 0 Å². The second kappa shape index (κ2) is 7.68. The van der Waals surface area contributed by atoms with E-state index in [1.54, 1.807) is 11.8 Å². The van der Waals surface area contributed by atoms with Crippen molar-refractivity contribution < 1.29 is 9.32 Å². The van der Waals surface area contributed by atoms with Crippen molar-refractivity contribution >= 4 is 16.9 Å². The van der Waals surface area contributed by atoms with Gasteiger partial charge in [0, 0.05) is 33.4 Å². The molecule has 0 spiro atoms. The molecular formula is C19H25N5O2. The Labute approximate surface area is 153 Å². The van der Waals surface area contributed by atoms with Crippen LogP contribution >= 0.6 is 0 Å². The van der Waals surface area contributed by atoms with Gasteiger partial charge in [-0.05, 0) is 18.6 Å². The third-order valence-corrected chi connectivity index (χ3v) is 4.59. The van der Waals surface area contributed by atoms with Crippen LogP contribution in [-0.4, -0.2) is 44.1 Å². The highest BCUT2D eigenvalue weighted by molar-refractivity contribution is 5.84. The van der Waals surface area contributed by atoms with E-state index in [2.05, 4.69) is 21.6 Å². The molecule has 0 bridgehead atoms. The fourth-order valence-electron chi connectivity index (χ4n) is 3.23. The zero-order valence-electron chi connectivity index (χ0n) is 15.8. The first-order valence-electron chi connectivity index (χ1n) is 9.05. The van der Waals surface area contributed by atoms with E-state index in [9.17, 15) is 4.79 Å². The molecule has 2 heterocycles. The van der Waals surface area contributed by atoms with Gasteiger partial charge < -0.3 is 14.0 Å². The van der Waals surface area contributed by atoms with Crippen LogP contribution in [0.1, 0.15) is 43.8 Å². The first-order valence-corrected chi connectivity index (χ1v) is 9.05. The van der Waals surface area contributed by atoms with Crippen molar-refractivity contribution in [3.8, 4) is 0 Å². The quantitative estimate of drug-likeness (QED) is 0.651. The average Bonchev–Trinajstić information content (AvgIpc) is 3.23. The van der Waals surface area contributed by atoms with E-state index < -0.39 is 0 Å². The van der Waals surface area contributed by atoms with E-state index in [0.29, 0.717) is 31.1 Å². The lowest BCUT2D eigenvalue weighted by Gasteiger charge is -2.25. The molecule has 138 valence electrons. The molecule has 0 fully saturated rings. The summed E-state index contributed by atoms with van der Waals surface area (Å²) >= 11 is 0. The van der Waals surface area contributed by atoms with Gasteiger partial charge in [-0.1, -0.05) is 31.1 Å². The van der Waals surface area contributed by atoms with E-state index in [4.69, 9.17) is 9.51 Å². The van der Waals surface area contributed by atoms with Crippen LogP contribution < -0.4 is 0 Å². The van der Waals surface area contributed by atoms with Crippen molar-refractivity contribution in [1.82, 2.24) is 24.6 Å². The molecule has 26 heavy (non-hydrogen) atoms. The summed E-state index contributed by atoms with van der Waals surface area (Å²) in [5.74, 6) is 2.18. The molecule has 2 aromatic heterocycles. The molecule has 0 saturated heterocycles. The van der Waals surface area contributed by atoms with Crippen molar-refractivity contribution in [2.24, 2.45) is 0 Å². The first kappa shape index (κ1) is 18.1. The Morgan fingerprint density at radius 1 is 1.27 bits per heavy atom. The number of hydrogen-bond donors (Lipinski definition) is 0. The maximum Gasteiger partial charge on any atom is 0.245 e. The summed E-state index contributed by atoms with van der Waals surface area (Å²) in [5, 5.41) is 3.89. The number of aromatic nitrogens is 4. The number of carbonyl (C=O) groups is 1. The van der Waals surface area contributed by atoms with Crippen molar-refractivity contribution in [2.45, 2.75) is 46.1 Å². The normalized spacial score (nSPS) is 12.5. The van der Waals surface area contributed by atoms with Crippen LogP contribution in [0.5, 0.6) is 0 Å². The van der Waals surface area contributed by atoms with Gasteiger partial charge in [-0.2, -0.15) is 4.98 Å². The van der Waals surface area contributed by atoms with Crippen molar-refractivity contribution in [3.05, 3.63) is 41.8 Å². The molecule has 1 aromatic carbocycles. The lowest BCUT2D eigenvalue weighted by molar-refractivity contribution is -0.133. The number of imidazole rings is 1. The summed E-state index contributed by atoms with van der Waals surface area (Å²) in [6, 6.07) is 7.71. The Balaban J connectivity index is 1.82. The van der Waals surface area contributed by atoms with E-state index in [1.807, 2.05) is 38.2 Å². The van der Waals surface area contributed by atoms with Crippen LogP contribution in [0.4, 0.5) is 0 Å². The molecule has 3 rings (SSSR count). The lowest BCUT2D eigenvalue weighted by atomic mass is 10.1. The van der Waals surface area contributed by atoms with Crippen LogP contribution in [0.15, 0.2) is 28.8 Å². The van der Waals surface area contributed by atoms with Gasteiger partial charge in [-0.25, -0.2) is 4.98 Å². The number of nitrogens with zero attached hydrogens (tertiary/aromatic N) is 5. The molecule has 1 atom stereocenters. The Hall–Kier alpha value is -2.70. The number of benzene rings is 1. The summed E-state index contributed by atoms with van der Waals surface area (Å²) in [7, 11) is 1.82. The molecule has 0 unspecified atom stereocenters. The molecule has 0 saturated carbocycles. The smallest absolute Gasteiger partial charge is 0.245 e. The van der Waals surface area contributed by atoms with E-state index in [0.717, 1.165) is 23.3 Å². The minimum Gasteiger partial charge on any atom is -0.344 e. The predicted molar refractivity (Wildman–Crippen MR) is 98.8 cm³/mol. The van der Waals surface area contributed by atoms with Gasteiger partial charge in [0.2, 0.25) is 11.8 Å². The third kappa shape index (κ3) is 3.47. The van der Waals surface area contributed by atoms with Gasteiger partial charge >= 0.3 is 0 Å². The molecule has 3 aromatic rings. The molecule has 0 N–H and O–H groups in total. The van der Waals surface area contributed by atoms with Crippen molar-refractivity contribution in [3.63, 3.8) is 0 Å². The highest BCUT2D eigenvalue weighted by Gasteiger charge is 2.26. The molecule has 0 aliphatic carbocycles. The summed E-state index contributed by atoms with van der Waals surface area (Å²) < 4.78 is 7.08. The van der Waals surface area contributed by atoms with Crippen LogP contribution in [0.3, 0.4) is 0 Å². The number of fused-ring (bicyclic) bond motifs is 1. The van der Waals surface area contributed by atoms with Gasteiger partial charge in [0.05, 0.1) is 11.0 Å². The molecular weight excluding hydrogens is 330 g/mol. The lowest BCUT2D eigenvalue weighted by Crippen LogP contribution is -2.36. The van der Waals surface area contributed by atoms with Gasteiger partial charge in [0.15, 0.2) is 5.82 Å². The Bertz CT molecular complexity index is 898. The maximum atomic E-state index is 13.1. The van der Waals surface area contributed by atoms with Crippen LogP contribution in [0.25, 0.3) is 11.0 Å². The van der Waals surface area contributed by atoms with Gasteiger partial charge in [0.25, 0.3) is 0 Å². The third-order valence-electron chi connectivity index (χ3n) is 4.59. The number of carbonyl (C=O) groups excluding carboxylic acids is 1. The maximum absolute atomic E-state index is 13.1. The summed E-state index contributed by atoms with van der Waals surface area (Å²) in [5.41, 5.74) is 1.94. The largest absolute Gasteiger partial charge is 0.344 e. The second-order valence-corrected chi connectivity index (χ2v) is 6.40. The van der Waals surface area contributed by atoms with E-state index in [1.165, 1.54) is 0 Å². The highest BCUT2D eigenvalue weighted by atomic mass is 16.5. The predicted octanol–water partition coefficient (Wildman–Crippen LogP) is 2.94. The molecule has 7 nitrogen and oxygen atoms in total. The van der Waals surface area contributed by atoms with Gasteiger partial charge in [0.1, 0.15) is 11.9 Å². The first-order chi connectivity index (χ1) is 12.5. The molecule has 0 radical (unpaired) electrons. The van der Waals surface area contributed by atoms with E-state index >= 15 is 0 Å². The topological polar surface area (TPSA) is 77.0 Å². The fraction of sp³-hybridized carbons (Fsp3) is 0.474. The number of aryl methyl sites for hydroxylation is 2. The SMILES string of the molecule is CCc1nc2ccccc2n1[C@H](CC)C(=O)N(C)CCc1noc(C)n1. The standard InChI is InChI=1S/C19H25N5O2/c1-5-15(19(25)23(4)12-11-17-20-13(3)26-22-17)24-16-10-8-7-9-14(16)21-18(24)6-2/h7-10,15H,5-6,11-12H2,1-4H3/t15-/m1/s1. The number of amides is 1. The molecule has 7 heteroatoms. The molecule has 0 aliphatic rings. The Morgan fingerprint density at radius 3 is 2.69 bits per heavy atom. The summed E-state index contributed by atoms with van der Waals surface area (Å²) in [6.45, 7) is 6.40. The minimum atomic E-state index is -0.269.